The molecule has 2 rings (SSSR count). The first kappa shape index (κ1) is 10.6. The highest BCUT2D eigenvalue weighted by Crippen LogP contribution is 2.26. The largest absolute Gasteiger partial charge is 0.369 e. The molecular formula is C11H11FN2O2. The van der Waals surface area contributed by atoms with Gasteiger partial charge in [-0.2, -0.15) is 0 Å². The molecule has 1 atom stereocenters. The fraction of sp³-hybridized carbons (Fsp3) is 0.273. The number of nitrogens with zero attached hydrogens (tertiary/aromatic N) is 1. The van der Waals surface area contributed by atoms with Crippen molar-refractivity contribution in [2.24, 2.45) is 11.7 Å². The third-order valence-corrected chi connectivity index (χ3v) is 2.67. The van der Waals surface area contributed by atoms with Gasteiger partial charge in [-0.3, -0.25) is 9.59 Å². The number of primary amides is 1. The molecule has 0 aliphatic carbocycles. The molecule has 0 spiro atoms. The van der Waals surface area contributed by atoms with Crippen LogP contribution in [0.4, 0.5) is 10.1 Å². The molecule has 1 heterocycles. The fourth-order valence-corrected chi connectivity index (χ4v) is 1.80. The second-order valence-electron chi connectivity index (χ2n) is 3.76. The van der Waals surface area contributed by atoms with Crippen molar-refractivity contribution in [1.29, 1.82) is 0 Å². The SMILES string of the molecule is NC(=O)[C@@H]1CC(=O)N(c2ccccc2F)C1. The van der Waals surface area contributed by atoms with E-state index in [-0.39, 0.29) is 24.6 Å². The molecule has 16 heavy (non-hydrogen) atoms. The lowest BCUT2D eigenvalue weighted by Crippen LogP contribution is -2.28. The topological polar surface area (TPSA) is 63.4 Å². The van der Waals surface area contributed by atoms with Gasteiger partial charge in [0.15, 0.2) is 0 Å². The lowest BCUT2D eigenvalue weighted by molar-refractivity contribution is -0.123. The summed E-state index contributed by atoms with van der Waals surface area (Å²) >= 11 is 0. The van der Waals surface area contributed by atoms with Crippen molar-refractivity contribution >= 4 is 17.5 Å². The highest BCUT2D eigenvalue weighted by Gasteiger charge is 2.34. The Morgan fingerprint density at radius 2 is 2.12 bits per heavy atom. The van der Waals surface area contributed by atoms with Crippen molar-refractivity contribution < 1.29 is 14.0 Å². The Kier molecular flexibility index (Phi) is 2.60. The Morgan fingerprint density at radius 1 is 1.44 bits per heavy atom. The Labute approximate surface area is 91.8 Å². The van der Waals surface area contributed by atoms with Crippen LogP contribution in [0.2, 0.25) is 0 Å². The molecule has 0 radical (unpaired) electrons. The maximum atomic E-state index is 13.4. The summed E-state index contributed by atoms with van der Waals surface area (Å²) in [4.78, 5) is 23.8. The van der Waals surface area contributed by atoms with Gasteiger partial charge in [-0.15, -0.1) is 0 Å². The number of hydrogen-bond acceptors (Lipinski definition) is 2. The fourth-order valence-electron chi connectivity index (χ4n) is 1.80. The minimum Gasteiger partial charge on any atom is -0.369 e. The van der Waals surface area contributed by atoms with Crippen molar-refractivity contribution in [3.05, 3.63) is 30.1 Å². The van der Waals surface area contributed by atoms with Crippen LogP contribution >= 0.6 is 0 Å². The zero-order valence-electron chi connectivity index (χ0n) is 8.52. The molecule has 0 aromatic heterocycles. The van der Waals surface area contributed by atoms with Crippen LogP contribution in [0.25, 0.3) is 0 Å². The van der Waals surface area contributed by atoms with Crippen LogP contribution in [0.15, 0.2) is 24.3 Å². The summed E-state index contributed by atoms with van der Waals surface area (Å²) in [5, 5.41) is 0. The van der Waals surface area contributed by atoms with Crippen molar-refractivity contribution in [2.75, 3.05) is 11.4 Å². The van der Waals surface area contributed by atoms with Crippen molar-refractivity contribution in [2.45, 2.75) is 6.42 Å². The van der Waals surface area contributed by atoms with Gasteiger partial charge in [0.05, 0.1) is 11.6 Å². The molecule has 1 aliphatic rings. The van der Waals surface area contributed by atoms with E-state index >= 15 is 0 Å². The van der Waals surface area contributed by atoms with Crippen LogP contribution in [0.3, 0.4) is 0 Å². The van der Waals surface area contributed by atoms with Gasteiger partial charge in [0.1, 0.15) is 5.82 Å². The number of amides is 2. The van der Waals surface area contributed by atoms with Crippen LogP contribution in [-0.4, -0.2) is 18.4 Å². The molecule has 0 unspecified atom stereocenters. The average Bonchev–Trinajstić information content (AvgIpc) is 2.61. The van der Waals surface area contributed by atoms with Crippen LogP contribution in [0.1, 0.15) is 6.42 Å². The highest BCUT2D eigenvalue weighted by molar-refractivity contribution is 6.00. The summed E-state index contributed by atoms with van der Waals surface area (Å²) in [7, 11) is 0. The summed E-state index contributed by atoms with van der Waals surface area (Å²) in [5.41, 5.74) is 5.33. The standard InChI is InChI=1S/C11H11FN2O2/c12-8-3-1-2-4-9(8)14-6-7(11(13)16)5-10(14)15/h1-4,7H,5-6H2,(H2,13,16)/t7-/m1/s1. The van der Waals surface area contributed by atoms with Crippen LogP contribution in [-0.2, 0) is 9.59 Å². The Balaban J connectivity index is 2.27. The molecule has 0 saturated carbocycles. The summed E-state index contributed by atoms with van der Waals surface area (Å²) in [6.07, 6.45) is 0.0592. The van der Waals surface area contributed by atoms with E-state index in [1.165, 1.54) is 17.0 Å². The number of rotatable bonds is 2. The average molecular weight is 222 g/mol. The molecule has 1 aromatic carbocycles. The molecule has 1 aliphatic heterocycles. The predicted octanol–water partition coefficient (Wildman–Crippen LogP) is 0.664. The van der Waals surface area contributed by atoms with E-state index in [2.05, 4.69) is 0 Å². The van der Waals surface area contributed by atoms with Gasteiger partial charge in [0, 0.05) is 13.0 Å². The third kappa shape index (κ3) is 1.76. The molecule has 84 valence electrons. The van der Waals surface area contributed by atoms with Gasteiger partial charge in [-0.1, -0.05) is 12.1 Å². The zero-order chi connectivity index (χ0) is 11.7. The summed E-state index contributed by atoms with van der Waals surface area (Å²) in [5.74, 6) is -1.78. The number of carbonyl (C=O) groups excluding carboxylic acids is 2. The summed E-state index contributed by atoms with van der Waals surface area (Å²) in [6.45, 7) is 0.162. The molecule has 1 fully saturated rings. The van der Waals surface area contributed by atoms with Gasteiger partial charge in [0.2, 0.25) is 11.8 Å². The lowest BCUT2D eigenvalue weighted by atomic mass is 10.1. The van der Waals surface area contributed by atoms with E-state index in [0.29, 0.717) is 0 Å². The molecule has 2 amide bonds. The van der Waals surface area contributed by atoms with Gasteiger partial charge in [-0.25, -0.2) is 4.39 Å². The normalized spacial score (nSPS) is 20.2. The molecule has 2 N–H and O–H groups in total. The van der Waals surface area contributed by atoms with Crippen molar-refractivity contribution in [3.63, 3.8) is 0 Å². The van der Waals surface area contributed by atoms with E-state index in [4.69, 9.17) is 5.73 Å². The van der Waals surface area contributed by atoms with E-state index in [0.717, 1.165) is 0 Å². The maximum Gasteiger partial charge on any atom is 0.227 e. The van der Waals surface area contributed by atoms with E-state index in [1.807, 2.05) is 0 Å². The van der Waals surface area contributed by atoms with Gasteiger partial charge < -0.3 is 10.6 Å². The number of halogens is 1. The lowest BCUT2D eigenvalue weighted by Gasteiger charge is -2.16. The first-order valence-electron chi connectivity index (χ1n) is 4.94. The molecule has 4 nitrogen and oxygen atoms in total. The highest BCUT2D eigenvalue weighted by atomic mass is 19.1. The van der Waals surface area contributed by atoms with Gasteiger partial charge in [-0.05, 0) is 12.1 Å². The number of para-hydroxylation sites is 1. The first-order valence-corrected chi connectivity index (χ1v) is 4.94. The molecule has 1 saturated heterocycles. The number of benzene rings is 1. The van der Waals surface area contributed by atoms with Crippen LogP contribution in [0.5, 0.6) is 0 Å². The van der Waals surface area contributed by atoms with Gasteiger partial charge in [0.25, 0.3) is 0 Å². The minimum absolute atomic E-state index is 0.0592. The van der Waals surface area contributed by atoms with Gasteiger partial charge >= 0.3 is 0 Å². The number of hydrogen-bond donors (Lipinski definition) is 1. The summed E-state index contributed by atoms with van der Waals surface area (Å²) < 4.78 is 13.4. The summed E-state index contributed by atoms with van der Waals surface area (Å²) in [6, 6.07) is 5.98. The van der Waals surface area contributed by atoms with E-state index in [1.54, 1.807) is 12.1 Å². The quantitative estimate of drug-likeness (QED) is 0.799. The number of nitrogens with two attached hydrogens (primary N) is 1. The first-order chi connectivity index (χ1) is 7.59. The maximum absolute atomic E-state index is 13.4. The van der Waals surface area contributed by atoms with E-state index < -0.39 is 17.6 Å². The second kappa shape index (κ2) is 3.92. The second-order valence-corrected chi connectivity index (χ2v) is 3.76. The Hall–Kier alpha value is -1.91. The molecular weight excluding hydrogens is 211 g/mol. The van der Waals surface area contributed by atoms with Crippen molar-refractivity contribution in [1.82, 2.24) is 0 Å². The van der Waals surface area contributed by atoms with Crippen LogP contribution < -0.4 is 10.6 Å². The molecule has 1 aromatic rings. The Bertz CT molecular complexity index is 447. The van der Waals surface area contributed by atoms with Crippen LogP contribution in [0, 0.1) is 11.7 Å². The minimum atomic E-state index is -0.521. The van der Waals surface area contributed by atoms with E-state index in [9.17, 15) is 14.0 Å². The number of anilines is 1. The predicted molar refractivity (Wildman–Crippen MR) is 56.1 cm³/mol. The molecule has 5 heteroatoms. The Morgan fingerprint density at radius 3 is 2.69 bits per heavy atom. The smallest absolute Gasteiger partial charge is 0.227 e. The van der Waals surface area contributed by atoms with Crippen molar-refractivity contribution in [3.8, 4) is 0 Å². The monoisotopic (exact) mass is 222 g/mol. The number of carbonyl (C=O) groups is 2. The molecule has 0 bridgehead atoms. The third-order valence-electron chi connectivity index (χ3n) is 2.67. The zero-order valence-corrected chi connectivity index (χ0v) is 8.52.